The van der Waals surface area contributed by atoms with E-state index in [2.05, 4.69) is 4.98 Å². The molecule has 3 nitrogen and oxygen atoms in total. The molecule has 0 fully saturated rings. The summed E-state index contributed by atoms with van der Waals surface area (Å²) in [5.74, 6) is 0. The zero-order valence-corrected chi connectivity index (χ0v) is 7.95. The van der Waals surface area contributed by atoms with E-state index in [1.807, 2.05) is 24.3 Å². The van der Waals surface area contributed by atoms with Gasteiger partial charge in [0.05, 0.1) is 0 Å². The Morgan fingerprint density at radius 1 is 1.43 bits per heavy atom. The average Bonchev–Trinajstić information content (AvgIpc) is 2.60. The average molecular weight is 210 g/mol. The van der Waals surface area contributed by atoms with Crippen LogP contribution >= 0.6 is 11.6 Å². The normalized spacial score (nSPS) is 13.0. The number of aliphatic hydroxyl groups is 1. The van der Waals surface area contributed by atoms with Gasteiger partial charge < -0.3 is 10.1 Å². The highest BCUT2D eigenvalue weighted by Crippen LogP contribution is 2.25. The number of benzene rings is 1. The van der Waals surface area contributed by atoms with Crippen molar-refractivity contribution in [1.82, 2.24) is 4.98 Å². The fourth-order valence-corrected chi connectivity index (χ4v) is 1.56. The van der Waals surface area contributed by atoms with Gasteiger partial charge in [0, 0.05) is 22.7 Å². The van der Waals surface area contributed by atoms with Crippen LogP contribution in [-0.2, 0) is 4.79 Å². The van der Waals surface area contributed by atoms with Gasteiger partial charge >= 0.3 is 0 Å². The zero-order chi connectivity index (χ0) is 10.1. The molecule has 0 saturated carbocycles. The van der Waals surface area contributed by atoms with Gasteiger partial charge in [0.1, 0.15) is 0 Å². The molecule has 0 radical (unpaired) electrons. The first-order valence-electron chi connectivity index (χ1n) is 4.13. The molecule has 0 aliphatic carbocycles. The molecule has 1 heterocycles. The molecule has 1 aromatic carbocycles. The van der Waals surface area contributed by atoms with Crippen LogP contribution in [0.15, 0.2) is 30.5 Å². The molecule has 1 atom stereocenters. The van der Waals surface area contributed by atoms with Crippen LogP contribution in [0.25, 0.3) is 10.9 Å². The van der Waals surface area contributed by atoms with Crippen molar-refractivity contribution in [3.05, 3.63) is 36.0 Å². The van der Waals surface area contributed by atoms with E-state index >= 15 is 0 Å². The van der Waals surface area contributed by atoms with Gasteiger partial charge in [-0.05, 0) is 17.7 Å². The number of fused-ring (bicyclic) bond motifs is 1. The highest BCUT2D eigenvalue weighted by molar-refractivity contribution is 6.64. The predicted molar refractivity (Wildman–Crippen MR) is 54.1 cm³/mol. The summed E-state index contributed by atoms with van der Waals surface area (Å²) in [5.41, 5.74) is 1.39. The summed E-state index contributed by atoms with van der Waals surface area (Å²) in [5, 5.41) is 9.53. The SMILES string of the molecule is O=C(Cl)C(O)c1c[nH]c2ccccc12. The first kappa shape index (κ1) is 9.24. The Kier molecular flexibility index (Phi) is 2.27. The van der Waals surface area contributed by atoms with Crippen molar-refractivity contribution in [3.8, 4) is 0 Å². The van der Waals surface area contributed by atoms with Gasteiger partial charge in [-0.3, -0.25) is 4.79 Å². The molecule has 0 aliphatic rings. The second kappa shape index (κ2) is 3.44. The number of aromatic amines is 1. The van der Waals surface area contributed by atoms with Gasteiger partial charge in [0.2, 0.25) is 0 Å². The topological polar surface area (TPSA) is 53.1 Å². The molecule has 2 N–H and O–H groups in total. The highest BCUT2D eigenvalue weighted by Gasteiger charge is 2.18. The number of rotatable bonds is 2. The third-order valence-corrected chi connectivity index (χ3v) is 2.34. The number of H-pyrrole nitrogens is 1. The number of aliphatic hydroxyl groups excluding tert-OH is 1. The Morgan fingerprint density at radius 3 is 2.86 bits per heavy atom. The maximum absolute atomic E-state index is 10.8. The van der Waals surface area contributed by atoms with Crippen LogP contribution in [0.5, 0.6) is 0 Å². The molecule has 0 bridgehead atoms. The molecule has 0 aliphatic heterocycles. The molecule has 1 aromatic heterocycles. The smallest absolute Gasteiger partial charge is 0.254 e. The number of carbonyl (C=O) groups excluding carboxylic acids is 1. The molecule has 1 unspecified atom stereocenters. The van der Waals surface area contributed by atoms with Gasteiger partial charge in [0.15, 0.2) is 6.10 Å². The number of hydrogen-bond donors (Lipinski definition) is 2. The second-order valence-electron chi connectivity index (χ2n) is 3.00. The minimum Gasteiger partial charge on any atom is -0.379 e. The van der Waals surface area contributed by atoms with E-state index in [0.717, 1.165) is 10.9 Å². The molecule has 2 rings (SSSR count). The van der Waals surface area contributed by atoms with E-state index < -0.39 is 11.3 Å². The largest absolute Gasteiger partial charge is 0.379 e. The van der Waals surface area contributed by atoms with E-state index in [1.54, 1.807) is 6.20 Å². The molecule has 4 heteroatoms. The van der Waals surface area contributed by atoms with Gasteiger partial charge in [0.25, 0.3) is 5.24 Å². The lowest BCUT2D eigenvalue weighted by Gasteiger charge is -2.02. The first-order valence-corrected chi connectivity index (χ1v) is 4.51. The van der Waals surface area contributed by atoms with E-state index in [1.165, 1.54) is 0 Å². The van der Waals surface area contributed by atoms with Gasteiger partial charge in [-0.15, -0.1) is 0 Å². The van der Waals surface area contributed by atoms with Gasteiger partial charge in [-0.25, -0.2) is 0 Å². The van der Waals surface area contributed by atoms with Gasteiger partial charge in [-0.1, -0.05) is 18.2 Å². The summed E-state index contributed by atoms with van der Waals surface area (Å²) in [6.07, 6.45) is 0.336. The van der Waals surface area contributed by atoms with Crippen LogP contribution in [0, 0.1) is 0 Å². The summed E-state index contributed by atoms with van der Waals surface area (Å²) in [6.45, 7) is 0. The molecule has 2 aromatic rings. The van der Waals surface area contributed by atoms with Crippen LogP contribution in [0.1, 0.15) is 11.7 Å². The maximum Gasteiger partial charge on any atom is 0.254 e. The molecular formula is C10H8ClNO2. The molecule has 0 saturated heterocycles. The van der Waals surface area contributed by atoms with E-state index in [9.17, 15) is 9.90 Å². The third kappa shape index (κ3) is 1.41. The Morgan fingerprint density at radius 2 is 2.14 bits per heavy atom. The van der Waals surface area contributed by atoms with Crippen molar-refractivity contribution in [2.24, 2.45) is 0 Å². The van der Waals surface area contributed by atoms with Crippen LogP contribution < -0.4 is 0 Å². The van der Waals surface area contributed by atoms with Crippen molar-refractivity contribution in [2.45, 2.75) is 6.10 Å². The highest BCUT2D eigenvalue weighted by atomic mass is 35.5. The predicted octanol–water partition coefficient (Wildman–Crippen LogP) is 1.97. The standard InChI is InChI=1S/C10H8ClNO2/c11-10(14)9(13)7-5-12-8-4-2-1-3-6(7)8/h1-5,9,12-13H. The molecule has 0 amide bonds. The number of aromatic nitrogens is 1. The van der Waals surface area contributed by atoms with E-state index in [0.29, 0.717) is 5.56 Å². The minimum atomic E-state index is -1.26. The zero-order valence-electron chi connectivity index (χ0n) is 7.20. The maximum atomic E-state index is 10.8. The summed E-state index contributed by atoms with van der Waals surface area (Å²) < 4.78 is 0. The van der Waals surface area contributed by atoms with Crippen molar-refractivity contribution in [3.63, 3.8) is 0 Å². The summed E-state index contributed by atoms with van der Waals surface area (Å²) in [4.78, 5) is 13.7. The Labute approximate surface area is 85.3 Å². The minimum absolute atomic E-state index is 0.514. The lowest BCUT2D eigenvalue weighted by molar-refractivity contribution is -0.119. The van der Waals surface area contributed by atoms with Crippen LogP contribution in [0.2, 0.25) is 0 Å². The quantitative estimate of drug-likeness (QED) is 0.743. The van der Waals surface area contributed by atoms with Crippen molar-refractivity contribution in [2.75, 3.05) is 0 Å². The lowest BCUT2D eigenvalue weighted by Crippen LogP contribution is -2.04. The molecule has 72 valence electrons. The molecular weight excluding hydrogens is 202 g/mol. The third-order valence-electron chi connectivity index (χ3n) is 2.13. The van der Waals surface area contributed by atoms with E-state index in [-0.39, 0.29) is 0 Å². The Balaban J connectivity index is 2.58. The fraction of sp³-hybridized carbons (Fsp3) is 0.100. The number of para-hydroxylation sites is 1. The Bertz CT molecular complexity index is 478. The van der Waals surface area contributed by atoms with E-state index in [4.69, 9.17) is 11.6 Å². The number of halogens is 1. The number of nitrogens with one attached hydrogen (secondary N) is 1. The lowest BCUT2D eigenvalue weighted by atomic mass is 10.1. The monoisotopic (exact) mass is 209 g/mol. The first-order chi connectivity index (χ1) is 6.70. The summed E-state index contributed by atoms with van der Waals surface area (Å²) >= 11 is 5.22. The number of carbonyl (C=O) groups is 1. The van der Waals surface area contributed by atoms with Crippen molar-refractivity contribution < 1.29 is 9.90 Å². The van der Waals surface area contributed by atoms with Crippen molar-refractivity contribution in [1.29, 1.82) is 0 Å². The second-order valence-corrected chi connectivity index (χ2v) is 3.37. The summed E-state index contributed by atoms with van der Waals surface area (Å²) in [7, 11) is 0. The van der Waals surface area contributed by atoms with Crippen LogP contribution in [-0.4, -0.2) is 15.3 Å². The summed E-state index contributed by atoms with van der Waals surface area (Å²) in [6, 6.07) is 7.40. The fourth-order valence-electron chi connectivity index (χ4n) is 1.44. The Hall–Kier alpha value is -1.32. The van der Waals surface area contributed by atoms with Gasteiger partial charge in [-0.2, -0.15) is 0 Å². The van der Waals surface area contributed by atoms with Crippen LogP contribution in [0.4, 0.5) is 0 Å². The van der Waals surface area contributed by atoms with Crippen molar-refractivity contribution >= 4 is 27.7 Å². The molecule has 0 spiro atoms. The van der Waals surface area contributed by atoms with Crippen LogP contribution in [0.3, 0.4) is 0 Å². The molecule has 14 heavy (non-hydrogen) atoms. The number of hydrogen-bond acceptors (Lipinski definition) is 2.